The SMILES string of the molecule is N#C/C(C(N)=O)=C1/SC(C2SC(=O)NC2=O)C(=O)N1c1ccccc1. The predicted octanol–water partition coefficient (Wildman–Crippen LogP) is 0.707. The first kappa shape index (κ1) is 17.1. The molecule has 0 saturated carbocycles. The number of nitriles is 1. The van der Waals surface area contributed by atoms with E-state index >= 15 is 0 Å². The minimum absolute atomic E-state index is 0.0592. The molecule has 0 aromatic heterocycles. The number of primary amides is 1. The fraction of sp³-hybridized carbons (Fsp3) is 0.133. The van der Waals surface area contributed by atoms with Gasteiger partial charge in [-0.2, -0.15) is 5.26 Å². The first-order valence-corrected chi connectivity index (χ1v) is 8.71. The predicted molar refractivity (Wildman–Crippen MR) is 92.1 cm³/mol. The summed E-state index contributed by atoms with van der Waals surface area (Å²) in [5.74, 6) is -2.05. The van der Waals surface area contributed by atoms with Crippen molar-refractivity contribution < 1.29 is 19.2 Å². The average Bonchev–Trinajstić information content (AvgIpc) is 3.08. The van der Waals surface area contributed by atoms with E-state index in [0.717, 1.165) is 11.8 Å². The first-order chi connectivity index (χ1) is 11.9. The summed E-state index contributed by atoms with van der Waals surface area (Å²) in [5, 5.41) is 9.01. The van der Waals surface area contributed by atoms with Gasteiger partial charge in [-0.1, -0.05) is 30.0 Å². The molecule has 2 unspecified atom stereocenters. The second-order valence-electron chi connectivity index (χ2n) is 5.02. The molecule has 4 amide bonds. The second kappa shape index (κ2) is 6.62. The lowest BCUT2D eigenvalue weighted by molar-refractivity contribution is -0.122. The number of anilines is 1. The number of hydrogen-bond donors (Lipinski definition) is 2. The average molecular weight is 374 g/mol. The highest BCUT2D eigenvalue weighted by Crippen LogP contribution is 2.45. The van der Waals surface area contributed by atoms with Crippen molar-refractivity contribution in [1.82, 2.24) is 5.32 Å². The summed E-state index contributed by atoms with van der Waals surface area (Å²) in [7, 11) is 0. The molecule has 2 fully saturated rings. The van der Waals surface area contributed by atoms with Gasteiger partial charge in [0.25, 0.3) is 11.1 Å². The van der Waals surface area contributed by atoms with E-state index in [9.17, 15) is 24.4 Å². The number of nitrogens with two attached hydrogens (primary N) is 1. The van der Waals surface area contributed by atoms with Gasteiger partial charge < -0.3 is 5.73 Å². The quantitative estimate of drug-likeness (QED) is 0.588. The van der Waals surface area contributed by atoms with Crippen LogP contribution in [0.3, 0.4) is 0 Å². The Bertz CT molecular complexity index is 862. The monoisotopic (exact) mass is 374 g/mol. The number of thioether (sulfide) groups is 2. The van der Waals surface area contributed by atoms with Crippen molar-refractivity contribution in [3.05, 3.63) is 40.9 Å². The van der Waals surface area contributed by atoms with Crippen molar-refractivity contribution in [2.75, 3.05) is 4.90 Å². The third-order valence-corrected chi connectivity index (χ3v) is 6.05. The molecule has 10 heteroatoms. The van der Waals surface area contributed by atoms with Gasteiger partial charge in [-0.25, -0.2) is 0 Å². The third-order valence-electron chi connectivity index (χ3n) is 3.48. The topological polar surface area (TPSA) is 133 Å². The molecule has 0 bridgehead atoms. The van der Waals surface area contributed by atoms with Crippen LogP contribution in [0, 0.1) is 11.3 Å². The Labute approximate surface area is 150 Å². The van der Waals surface area contributed by atoms with Gasteiger partial charge in [0, 0.05) is 5.69 Å². The molecule has 2 atom stereocenters. The fourth-order valence-electron chi connectivity index (χ4n) is 2.41. The van der Waals surface area contributed by atoms with E-state index in [0.29, 0.717) is 17.4 Å². The number of carbonyl (C=O) groups is 4. The smallest absolute Gasteiger partial charge is 0.286 e. The zero-order chi connectivity index (χ0) is 18.1. The van der Waals surface area contributed by atoms with Crippen LogP contribution in [-0.4, -0.2) is 33.5 Å². The van der Waals surface area contributed by atoms with E-state index < -0.39 is 33.5 Å². The Hall–Kier alpha value is -2.77. The number of carbonyl (C=O) groups excluding carboxylic acids is 4. The molecule has 0 aliphatic carbocycles. The van der Waals surface area contributed by atoms with E-state index in [1.54, 1.807) is 36.4 Å². The number of para-hydroxylation sites is 1. The molecule has 1 aromatic rings. The summed E-state index contributed by atoms with van der Waals surface area (Å²) in [5.41, 5.74) is 5.31. The van der Waals surface area contributed by atoms with Crippen molar-refractivity contribution >= 4 is 52.2 Å². The molecule has 2 saturated heterocycles. The molecule has 2 aliphatic rings. The molecule has 8 nitrogen and oxygen atoms in total. The number of hydrogen-bond acceptors (Lipinski definition) is 7. The molecular formula is C15H10N4O4S2. The van der Waals surface area contributed by atoms with Crippen LogP contribution in [0.4, 0.5) is 10.5 Å². The maximum atomic E-state index is 12.9. The second-order valence-corrected chi connectivity index (χ2v) is 7.26. The number of imide groups is 1. The number of amides is 4. The minimum Gasteiger partial charge on any atom is -0.365 e. The molecule has 2 heterocycles. The van der Waals surface area contributed by atoms with Crippen LogP contribution in [0.2, 0.25) is 0 Å². The minimum atomic E-state index is -0.973. The van der Waals surface area contributed by atoms with Crippen molar-refractivity contribution in [2.45, 2.75) is 10.5 Å². The van der Waals surface area contributed by atoms with E-state index in [-0.39, 0.29) is 10.6 Å². The molecular weight excluding hydrogens is 364 g/mol. The van der Waals surface area contributed by atoms with Gasteiger partial charge in [-0.05, 0) is 23.9 Å². The summed E-state index contributed by atoms with van der Waals surface area (Å²) >= 11 is 1.60. The van der Waals surface area contributed by atoms with E-state index in [4.69, 9.17) is 5.73 Å². The highest BCUT2D eigenvalue weighted by molar-refractivity contribution is 8.16. The normalized spacial score (nSPS) is 24.9. The molecule has 126 valence electrons. The lowest BCUT2D eigenvalue weighted by Crippen LogP contribution is -2.38. The van der Waals surface area contributed by atoms with Gasteiger partial charge in [0.05, 0.1) is 0 Å². The zero-order valence-corrected chi connectivity index (χ0v) is 14.1. The Morgan fingerprint density at radius 2 is 1.84 bits per heavy atom. The standard InChI is InChI=1S/C15H10N4O4S2/c16-6-8(11(17)20)14-19(7-4-2-1-3-5-7)13(22)10(24-14)9-12(21)18-15(23)25-9/h1-5,9-10H,(H2,17,20)(H,18,21,23)/b14-8-. The molecule has 0 radical (unpaired) electrons. The molecule has 3 rings (SSSR count). The number of rotatable bonds is 3. The lowest BCUT2D eigenvalue weighted by atomic mass is 10.2. The van der Waals surface area contributed by atoms with E-state index in [1.807, 2.05) is 0 Å². The van der Waals surface area contributed by atoms with Crippen molar-refractivity contribution in [1.29, 1.82) is 5.26 Å². The molecule has 25 heavy (non-hydrogen) atoms. The number of benzene rings is 1. The van der Waals surface area contributed by atoms with Crippen LogP contribution in [0.15, 0.2) is 40.9 Å². The Balaban J connectivity index is 2.09. The van der Waals surface area contributed by atoms with Crippen molar-refractivity contribution in [2.24, 2.45) is 5.73 Å². The molecule has 2 aliphatic heterocycles. The summed E-state index contributed by atoms with van der Waals surface area (Å²) in [4.78, 5) is 49.0. The van der Waals surface area contributed by atoms with Crippen LogP contribution in [0.25, 0.3) is 0 Å². The maximum Gasteiger partial charge on any atom is 0.286 e. The van der Waals surface area contributed by atoms with Gasteiger partial charge in [-0.15, -0.1) is 0 Å². The van der Waals surface area contributed by atoms with Crippen LogP contribution >= 0.6 is 23.5 Å². The summed E-state index contributed by atoms with van der Waals surface area (Å²) in [6.45, 7) is 0. The van der Waals surface area contributed by atoms with Gasteiger partial charge in [0.15, 0.2) is 0 Å². The highest BCUT2D eigenvalue weighted by Gasteiger charge is 2.50. The Morgan fingerprint density at radius 1 is 1.16 bits per heavy atom. The lowest BCUT2D eigenvalue weighted by Gasteiger charge is -2.18. The maximum absolute atomic E-state index is 12.9. The molecule has 3 N–H and O–H groups in total. The van der Waals surface area contributed by atoms with Gasteiger partial charge in [-0.3, -0.25) is 29.4 Å². The first-order valence-electron chi connectivity index (χ1n) is 6.95. The zero-order valence-electron chi connectivity index (χ0n) is 12.5. The van der Waals surface area contributed by atoms with E-state index in [2.05, 4.69) is 5.32 Å². The Kier molecular flexibility index (Phi) is 4.52. The van der Waals surface area contributed by atoms with Crippen LogP contribution in [-0.2, 0) is 14.4 Å². The number of nitrogens with zero attached hydrogens (tertiary/aromatic N) is 2. The van der Waals surface area contributed by atoms with Crippen LogP contribution < -0.4 is 16.0 Å². The summed E-state index contributed by atoms with van der Waals surface area (Å²) in [6, 6.07) is 10.1. The van der Waals surface area contributed by atoms with Gasteiger partial charge in [0.1, 0.15) is 27.2 Å². The highest BCUT2D eigenvalue weighted by atomic mass is 32.2. The summed E-state index contributed by atoms with van der Waals surface area (Å²) < 4.78 is 0. The summed E-state index contributed by atoms with van der Waals surface area (Å²) in [6.07, 6.45) is 0. The van der Waals surface area contributed by atoms with Crippen molar-refractivity contribution in [3.63, 3.8) is 0 Å². The van der Waals surface area contributed by atoms with Gasteiger partial charge in [0.2, 0.25) is 11.8 Å². The third kappa shape index (κ3) is 2.99. The number of nitrogens with one attached hydrogen (secondary N) is 1. The van der Waals surface area contributed by atoms with Crippen molar-refractivity contribution in [3.8, 4) is 6.07 Å². The van der Waals surface area contributed by atoms with Crippen LogP contribution in [0.1, 0.15) is 0 Å². The van der Waals surface area contributed by atoms with Gasteiger partial charge >= 0.3 is 0 Å². The van der Waals surface area contributed by atoms with E-state index in [1.165, 1.54) is 4.90 Å². The molecule has 1 aromatic carbocycles. The Morgan fingerprint density at radius 3 is 2.36 bits per heavy atom. The fourth-order valence-corrected chi connectivity index (χ4v) is 4.80. The largest absolute Gasteiger partial charge is 0.365 e. The molecule has 0 spiro atoms. The van der Waals surface area contributed by atoms with Crippen LogP contribution in [0.5, 0.6) is 0 Å².